The molecule has 0 heterocycles. The van der Waals surface area contributed by atoms with Crippen molar-refractivity contribution in [3.63, 3.8) is 0 Å². The van der Waals surface area contributed by atoms with E-state index in [1.54, 1.807) is 32.0 Å². The van der Waals surface area contributed by atoms with Crippen molar-refractivity contribution in [2.24, 2.45) is 5.92 Å². The molecule has 0 saturated heterocycles. The maximum Gasteiger partial charge on any atom is 0.416 e. The summed E-state index contributed by atoms with van der Waals surface area (Å²) in [6, 6.07) is 7.12. The van der Waals surface area contributed by atoms with Crippen molar-refractivity contribution in [3.05, 3.63) is 59.2 Å². The van der Waals surface area contributed by atoms with Crippen LogP contribution in [0.15, 0.2) is 42.5 Å². The maximum atomic E-state index is 13.1. The third-order valence-corrected chi connectivity index (χ3v) is 6.98. The summed E-state index contributed by atoms with van der Waals surface area (Å²) >= 11 is 0.996. The van der Waals surface area contributed by atoms with E-state index in [0.29, 0.717) is 22.6 Å². The second kappa shape index (κ2) is 15.3. The second-order valence-electron chi connectivity index (χ2n) is 9.46. The number of halogens is 3. The molecule has 2 rings (SSSR count). The number of methoxy groups -OCH3 is 2. The smallest absolute Gasteiger partial charge is 0.416 e. The van der Waals surface area contributed by atoms with Gasteiger partial charge in [-0.25, -0.2) is 0 Å². The fourth-order valence-electron chi connectivity index (χ4n) is 3.84. The monoisotopic (exact) mass is 598 g/mol. The number of carbonyl (C=O) groups is 4. The zero-order valence-corrected chi connectivity index (χ0v) is 23.9. The number of carboxylic acids is 1. The minimum atomic E-state index is -4.50. The van der Waals surface area contributed by atoms with E-state index in [2.05, 4.69) is 10.6 Å². The Kier molecular flexibility index (Phi) is 12.5. The van der Waals surface area contributed by atoms with E-state index in [1.807, 2.05) is 0 Å². The van der Waals surface area contributed by atoms with Crippen LogP contribution in [-0.4, -0.2) is 60.7 Å². The summed E-state index contributed by atoms with van der Waals surface area (Å²) in [6.45, 7) is 3.35. The molecule has 2 amide bonds. The minimum absolute atomic E-state index is 0.0712. The lowest BCUT2D eigenvalue weighted by atomic mass is 10.0. The highest BCUT2D eigenvalue weighted by molar-refractivity contribution is 7.99. The molecule has 3 N–H and O–H groups in total. The number of thioether (sulfide) groups is 1. The number of benzene rings is 2. The Balaban J connectivity index is 2.06. The predicted molar refractivity (Wildman–Crippen MR) is 147 cm³/mol. The van der Waals surface area contributed by atoms with E-state index < -0.39 is 59.7 Å². The third kappa shape index (κ3) is 10.6. The molecule has 13 heteroatoms. The van der Waals surface area contributed by atoms with Gasteiger partial charge in [-0.05, 0) is 35.7 Å². The highest BCUT2D eigenvalue weighted by Gasteiger charge is 2.31. The summed E-state index contributed by atoms with van der Waals surface area (Å²) in [5, 5.41) is 14.4. The van der Waals surface area contributed by atoms with Crippen molar-refractivity contribution in [3.8, 4) is 11.5 Å². The molecule has 0 aliphatic carbocycles. The van der Waals surface area contributed by atoms with Crippen LogP contribution in [0.3, 0.4) is 0 Å². The first-order chi connectivity index (χ1) is 19.2. The quantitative estimate of drug-likeness (QED) is 0.282. The van der Waals surface area contributed by atoms with Gasteiger partial charge in [-0.3, -0.25) is 19.2 Å². The van der Waals surface area contributed by atoms with Crippen LogP contribution in [0, 0.1) is 5.92 Å². The van der Waals surface area contributed by atoms with Gasteiger partial charge in [0.05, 0.1) is 44.4 Å². The summed E-state index contributed by atoms with van der Waals surface area (Å²) in [5.41, 5.74) is 0.0419. The number of aliphatic carboxylic acids is 1. The van der Waals surface area contributed by atoms with Gasteiger partial charge >= 0.3 is 12.1 Å². The van der Waals surface area contributed by atoms with Gasteiger partial charge in [0.25, 0.3) is 0 Å². The standard InChI is InChI=1S/C28H33F3N2O7S/c1-16(2)26(33-24(35)12-18-11-20(39-3)8-9-23(18)40-4)27(38)32-21(13-25(36)37)22(34)15-41-14-17-6-5-7-19(10-17)28(29,30)31/h5-11,16,21,26H,12-15H2,1-4H3,(H,32,38)(H,33,35)(H,36,37)/t21?,26-/m0/s1. The number of carboxylic acid groups (broad SMARTS) is 1. The number of ether oxygens (including phenoxy) is 2. The van der Waals surface area contributed by atoms with Gasteiger partial charge in [0, 0.05) is 11.3 Å². The fourth-order valence-corrected chi connectivity index (χ4v) is 4.76. The van der Waals surface area contributed by atoms with Crippen molar-refractivity contribution in [2.75, 3.05) is 20.0 Å². The van der Waals surface area contributed by atoms with E-state index >= 15 is 0 Å². The summed E-state index contributed by atoms with van der Waals surface area (Å²) in [6.07, 6.45) is -5.34. The van der Waals surface area contributed by atoms with Crippen LogP contribution in [0.25, 0.3) is 0 Å². The Morgan fingerprint density at radius 1 is 1.00 bits per heavy atom. The maximum absolute atomic E-state index is 13.1. The molecule has 1 unspecified atom stereocenters. The number of ketones is 1. The van der Waals surface area contributed by atoms with Gasteiger partial charge in [0.1, 0.15) is 17.5 Å². The molecule has 0 fully saturated rings. The zero-order valence-electron chi connectivity index (χ0n) is 23.0. The average Bonchev–Trinajstić information content (AvgIpc) is 2.90. The number of rotatable bonds is 15. The van der Waals surface area contributed by atoms with E-state index in [9.17, 15) is 37.5 Å². The third-order valence-electron chi connectivity index (χ3n) is 5.96. The summed E-state index contributed by atoms with van der Waals surface area (Å²) in [5.74, 6) is -2.84. The van der Waals surface area contributed by atoms with E-state index in [0.717, 1.165) is 23.9 Å². The van der Waals surface area contributed by atoms with Crippen LogP contribution in [0.4, 0.5) is 13.2 Å². The fraction of sp³-hybridized carbons (Fsp3) is 0.429. The Morgan fingerprint density at radius 2 is 1.71 bits per heavy atom. The van der Waals surface area contributed by atoms with E-state index in [1.165, 1.54) is 26.4 Å². The van der Waals surface area contributed by atoms with Crippen molar-refractivity contribution in [1.82, 2.24) is 10.6 Å². The Labute approximate surface area is 240 Å². The first-order valence-electron chi connectivity index (χ1n) is 12.5. The Bertz CT molecular complexity index is 1240. The Morgan fingerprint density at radius 3 is 2.29 bits per heavy atom. The number of nitrogens with one attached hydrogen (secondary N) is 2. The molecule has 2 aromatic carbocycles. The van der Waals surface area contributed by atoms with Gasteiger partial charge in [0.15, 0.2) is 5.78 Å². The average molecular weight is 599 g/mol. The van der Waals surface area contributed by atoms with Crippen molar-refractivity contribution >= 4 is 35.3 Å². The molecule has 0 aliphatic heterocycles. The molecular weight excluding hydrogens is 565 g/mol. The van der Waals surface area contributed by atoms with Crippen LogP contribution in [-0.2, 0) is 37.5 Å². The number of carbonyl (C=O) groups excluding carboxylic acids is 3. The summed E-state index contributed by atoms with van der Waals surface area (Å²) in [7, 11) is 2.93. The molecule has 41 heavy (non-hydrogen) atoms. The molecular formula is C28H33F3N2O7S. The largest absolute Gasteiger partial charge is 0.497 e. The highest BCUT2D eigenvalue weighted by Crippen LogP contribution is 2.30. The lowest BCUT2D eigenvalue weighted by Crippen LogP contribution is -2.54. The van der Waals surface area contributed by atoms with Crippen LogP contribution in [0.1, 0.15) is 37.0 Å². The molecule has 2 atom stereocenters. The van der Waals surface area contributed by atoms with Crippen molar-refractivity contribution < 1.29 is 46.9 Å². The SMILES string of the molecule is COc1ccc(OC)c(CC(=O)N[C@H](C(=O)NC(CC(=O)O)C(=O)CSCc2cccc(C(F)(F)F)c2)C(C)C)c1. The number of hydrogen-bond donors (Lipinski definition) is 3. The van der Waals surface area contributed by atoms with Crippen molar-refractivity contribution in [1.29, 1.82) is 0 Å². The molecule has 0 aliphatic rings. The predicted octanol–water partition coefficient (Wildman–Crippen LogP) is 3.87. The number of Topliss-reactive ketones (excluding diaryl/α,β-unsaturated/α-hetero) is 1. The van der Waals surface area contributed by atoms with Gasteiger partial charge in [-0.1, -0.05) is 32.0 Å². The molecule has 0 radical (unpaired) electrons. The Hall–Kier alpha value is -3.74. The number of amides is 2. The van der Waals surface area contributed by atoms with Gasteiger partial charge in [-0.2, -0.15) is 13.2 Å². The van der Waals surface area contributed by atoms with E-state index in [-0.39, 0.29) is 17.9 Å². The first-order valence-corrected chi connectivity index (χ1v) is 13.7. The molecule has 0 bridgehead atoms. The lowest BCUT2D eigenvalue weighted by Gasteiger charge is -2.25. The first kappa shape index (κ1) is 33.5. The number of hydrogen-bond acceptors (Lipinski definition) is 7. The van der Waals surface area contributed by atoms with Crippen LogP contribution in [0.2, 0.25) is 0 Å². The molecule has 224 valence electrons. The normalized spacial score (nSPS) is 12.8. The number of alkyl halides is 3. The molecule has 0 spiro atoms. The van der Waals surface area contributed by atoms with Crippen LogP contribution < -0.4 is 20.1 Å². The highest BCUT2D eigenvalue weighted by atomic mass is 32.2. The topological polar surface area (TPSA) is 131 Å². The summed E-state index contributed by atoms with van der Waals surface area (Å²) < 4.78 is 49.3. The molecule has 9 nitrogen and oxygen atoms in total. The molecule has 2 aromatic rings. The van der Waals surface area contributed by atoms with E-state index in [4.69, 9.17) is 9.47 Å². The lowest BCUT2D eigenvalue weighted by molar-refractivity contribution is -0.140. The van der Waals surface area contributed by atoms with Crippen LogP contribution in [0.5, 0.6) is 11.5 Å². The molecule has 0 saturated carbocycles. The molecule has 0 aromatic heterocycles. The van der Waals surface area contributed by atoms with Crippen molar-refractivity contribution in [2.45, 2.75) is 50.7 Å². The van der Waals surface area contributed by atoms with Gasteiger partial charge in [-0.15, -0.1) is 11.8 Å². The zero-order chi connectivity index (χ0) is 30.7. The van der Waals surface area contributed by atoms with Gasteiger partial charge in [0.2, 0.25) is 11.8 Å². The minimum Gasteiger partial charge on any atom is -0.497 e. The van der Waals surface area contributed by atoms with Gasteiger partial charge < -0.3 is 25.2 Å². The summed E-state index contributed by atoms with van der Waals surface area (Å²) in [4.78, 5) is 50.2. The van der Waals surface area contributed by atoms with Crippen LogP contribution >= 0.6 is 11.8 Å². The second-order valence-corrected chi connectivity index (χ2v) is 10.4.